The highest BCUT2D eigenvalue weighted by Crippen LogP contribution is 2.24. The first-order chi connectivity index (χ1) is 7.99. The molecule has 0 saturated heterocycles. The molecule has 1 aliphatic rings. The molecule has 0 aliphatic carbocycles. The molecule has 0 saturated carbocycles. The van der Waals surface area contributed by atoms with Gasteiger partial charge in [0.1, 0.15) is 5.92 Å². The van der Waals surface area contributed by atoms with Gasteiger partial charge in [0.2, 0.25) is 5.91 Å². The Morgan fingerprint density at radius 1 is 1.41 bits per heavy atom. The second-order valence-electron chi connectivity index (χ2n) is 4.02. The predicted molar refractivity (Wildman–Crippen MR) is 59.9 cm³/mol. The minimum Gasteiger partial charge on any atom is -0.481 e. The van der Waals surface area contributed by atoms with E-state index in [1.54, 1.807) is 12.1 Å². The topological polar surface area (TPSA) is 83.5 Å². The number of ketones is 1. The molecule has 0 spiro atoms. The van der Waals surface area contributed by atoms with Crippen molar-refractivity contribution in [3.63, 3.8) is 0 Å². The van der Waals surface area contributed by atoms with Crippen LogP contribution >= 0.6 is 0 Å². The lowest BCUT2D eigenvalue weighted by atomic mass is 9.97. The van der Waals surface area contributed by atoms with Crippen LogP contribution in [0.4, 0.5) is 5.69 Å². The van der Waals surface area contributed by atoms with Crippen LogP contribution in [-0.4, -0.2) is 22.8 Å². The molecule has 88 valence electrons. The van der Waals surface area contributed by atoms with Crippen molar-refractivity contribution in [1.29, 1.82) is 0 Å². The van der Waals surface area contributed by atoms with Gasteiger partial charge in [0.25, 0.3) is 0 Å². The van der Waals surface area contributed by atoms with E-state index in [1.165, 1.54) is 13.0 Å². The number of amides is 1. The molecule has 5 heteroatoms. The monoisotopic (exact) mass is 233 g/mol. The number of carboxylic acids is 1. The quantitative estimate of drug-likeness (QED) is 0.604. The Hall–Kier alpha value is -2.17. The van der Waals surface area contributed by atoms with E-state index >= 15 is 0 Å². The number of Topliss-reactive ketones (excluding diaryl/α,β-unsaturated/α-hetero) is 1. The molecule has 1 amide bonds. The molecule has 0 bridgehead atoms. The Morgan fingerprint density at radius 2 is 2.12 bits per heavy atom. The second kappa shape index (κ2) is 4.01. The number of carboxylic acid groups (broad SMARTS) is 1. The molecule has 2 rings (SSSR count). The molecular formula is C12H11NO4. The molecule has 5 nitrogen and oxygen atoms in total. The Balaban J connectivity index is 2.30. The van der Waals surface area contributed by atoms with Gasteiger partial charge in [0, 0.05) is 11.3 Å². The van der Waals surface area contributed by atoms with Crippen molar-refractivity contribution in [2.45, 2.75) is 13.3 Å². The Bertz CT molecular complexity index is 521. The molecule has 0 fully saturated rings. The van der Waals surface area contributed by atoms with E-state index < -0.39 is 17.7 Å². The molecule has 1 aromatic carbocycles. The number of fused-ring (bicyclic) bond motifs is 1. The lowest BCUT2D eigenvalue weighted by Crippen LogP contribution is -2.20. The van der Waals surface area contributed by atoms with Crippen molar-refractivity contribution >= 4 is 23.3 Å². The number of nitrogens with one attached hydrogen (secondary N) is 1. The number of anilines is 1. The summed E-state index contributed by atoms with van der Waals surface area (Å²) in [7, 11) is 0. The van der Waals surface area contributed by atoms with Crippen LogP contribution in [0.25, 0.3) is 0 Å². The van der Waals surface area contributed by atoms with Crippen LogP contribution in [0.2, 0.25) is 0 Å². The number of carbonyl (C=O) groups is 3. The first-order valence-corrected chi connectivity index (χ1v) is 5.19. The summed E-state index contributed by atoms with van der Waals surface area (Å²) in [5.41, 5.74) is 1.75. The molecule has 0 aromatic heterocycles. The third kappa shape index (κ3) is 2.04. The average molecular weight is 233 g/mol. The fraction of sp³-hybridized carbons (Fsp3) is 0.250. The zero-order valence-corrected chi connectivity index (χ0v) is 9.19. The van der Waals surface area contributed by atoms with E-state index in [-0.39, 0.29) is 12.3 Å². The van der Waals surface area contributed by atoms with Crippen LogP contribution in [0.15, 0.2) is 18.2 Å². The summed E-state index contributed by atoms with van der Waals surface area (Å²) in [6.07, 6.45) is 0.234. The highest BCUT2D eigenvalue weighted by molar-refractivity contribution is 6.09. The zero-order valence-electron chi connectivity index (χ0n) is 9.19. The van der Waals surface area contributed by atoms with Crippen LogP contribution < -0.4 is 5.32 Å². The van der Waals surface area contributed by atoms with Gasteiger partial charge in [-0.05, 0) is 30.7 Å². The molecule has 17 heavy (non-hydrogen) atoms. The lowest BCUT2D eigenvalue weighted by molar-refractivity contribution is -0.139. The van der Waals surface area contributed by atoms with Crippen molar-refractivity contribution in [2.24, 2.45) is 5.92 Å². The molecular weight excluding hydrogens is 222 g/mol. The van der Waals surface area contributed by atoms with E-state index in [0.29, 0.717) is 11.3 Å². The summed E-state index contributed by atoms with van der Waals surface area (Å²) < 4.78 is 0. The number of aliphatic carboxylic acids is 1. The summed E-state index contributed by atoms with van der Waals surface area (Å²) in [5.74, 6) is -2.78. The van der Waals surface area contributed by atoms with Gasteiger partial charge in [-0.1, -0.05) is 0 Å². The van der Waals surface area contributed by atoms with E-state index in [2.05, 4.69) is 5.32 Å². The van der Waals surface area contributed by atoms with E-state index in [0.717, 1.165) is 5.56 Å². The molecule has 1 aliphatic heterocycles. The lowest BCUT2D eigenvalue weighted by Gasteiger charge is -2.06. The van der Waals surface area contributed by atoms with E-state index in [9.17, 15) is 14.4 Å². The van der Waals surface area contributed by atoms with Crippen LogP contribution in [0.1, 0.15) is 22.8 Å². The zero-order chi connectivity index (χ0) is 12.6. The van der Waals surface area contributed by atoms with Gasteiger partial charge in [-0.2, -0.15) is 0 Å². The van der Waals surface area contributed by atoms with Crippen LogP contribution in [0.3, 0.4) is 0 Å². The van der Waals surface area contributed by atoms with Gasteiger partial charge in [-0.15, -0.1) is 0 Å². The predicted octanol–water partition coefficient (Wildman–Crippen LogP) is 1.08. The molecule has 1 unspecified atom stereocenters. The Labute approximate surface area is 97.4 Å². The second-order valence-corrected chi connectivity index (χ2v) is 4.02. The average Bonchev–Trinajstić information content (AvgIpc) is 2.65. The molecule has 1 atom stereocenters. The normalized spacial score (nSPS) is 15.0. The fourth-order valence-corrected chi connectivity index (χ4v) is 1.74. The summed E-state index contributed by atoms with van der Waals surface area (Å²) in [5, 5.41) is 11.4. The maximum absolute atomic E-state index is 11.8. The van der Waals surface area contributed by atoms with Crippen molar-refractivity contribution in [3.8, 4) is 0 Å². The van der Waals surface area contributed by atoms with Crippen LogP contribution in [0.5, 0.6) is 0 Å². The van der Waals surface area contributed by atoms with Crippen LogP contribution in [-0.2, 0) is 16.0 Å². The Morgan fingerprint density at radius 3 is 2.76 bits per heavy atom. The smallest absolute Gasteiger partial charge is 0.314 e. The maximum Gasteiger partial charge on any atom is 0.314 e. The fourth-order valence-electron chi connectivity index (χ4n) is 1.74. The first-order valence-electron chi connectivity index (χ1n) is 5.19. The summed E-state index contributed by atoms with van der Waals surface area (Å²) in [6.45, 7) is 1.35. The maximum atomic E-state index is 11.8. The van der Waals surface area contributed by atoms with Gasteiger partial charge in [0.05, 0.1) is 6.42 Å². The molecule has 2 N–H and O–H groups in total. The highest BCUT2D eigenvalue weighted by Gasteiger charge is 2.24. The minimum atomic E-state index is -1.15. The van der Waals surface area contributed by atoms with Crippen molar-refractivity contribution in [3.05, 3.63) is 29.3 Å². The minimum absolute atomic E-state index is 0.115. The van der Waals surface area contributed by atoms with Crippen LogP contribution in [0, 0.1) is 5.92 Å². The van der Waals surface area contributed by atoms with E-state index in [1.807, 2.05) is 0 Å². The third-order valence-corrected chi connectivity index (χ3v) is 2.78. The van der Waals surface area contributed by atoms with Crippen molar-refractivity contribution in [1.82, 2.24) is 0 Å². The van der Waals surface area contributed by atoms with Crippen molar-refractivity contribution < 1.29 is 19.5 Å². The summed E-state index contributed by atoms with van der Waals surface area (Å²) in [4.78, 5) is 33.6. The number of carbonyl (C=O) groups excluding carboxylic acids is 2. The number of benzene rings is 1. The van der Waals surface area contributed by atoms with Gasteiger partial charge < -0.3 is 10.4 Å². The van der Waals surface area contributed by atoms with Gasteiger partial charge in [-0.25, -0.2) is 0 Å². The van der Waals surface area contributed by atoms with Gasteiger partial charge in [0.15, 0.2) is 5.78 Å². The molecule has 1 aromatic rings. The summed E-state index contributed by atoms with van der Waals surface area (Å²) >= 11 is 0. The van der Waals surface area contributed by atoms with E-state index in [4.69, 9.17) is 5.11 Å². The van der Waals surface area contributed by atoms with Gasteiger partial charge in [-0.3, -0.25) is 14.4 Å². The van der Waals surface area contributed by atoms with Gasteiger partial charge >= 0.3 is 5.97 Å². The first kappa shape index (κ1) is 11.3. The third-order valence-electron chi connectivity index (χ3n) is 2.78. The summed E-state index contributed by atoms with van der Waals surface area (Å²) in [6, 6.07) is 4.74. The van der Waals surface area contributed by atoms with Crippen molar-refractivity contribution in [2.75, 3.05) is 5.32 Å². The Kier molecular flexibility index (Phi) is 2.67. The molecule has 0 radical (unpaired) electrons. The molecule has 1 heterocycles. The SMILES string of the molecule is CC(C(=O)O)C(=O)c1ccc2c(c1)CC(=O)N2. The number of hydrogen-bond donors (Lipinski definition) is 2. The largest absolute Gasteiger partial charge is 0.481 e. The number of rotatable bonds is 3. The highest BCUT2D eigenvalue weighted by atomic mass is 16.4. The number of hydrogen-bond acceptors (Lipinski definition) is 3. The standard InChI is InChI=1S/C12H11NO4/c1-6(12(16)17)11(15)7-2-3-9-8(4-7)5-10(14)13-9/h2-4,6H,5H2,1H3,(H,13,14)(H,16,17).